The highest BCUT2D eigenvalue weighted by molar-refractivity contribution is 7.32. The molecule has 0 aliphatic carbocycles. The Labute approximate surface area is 68.1 Å². The highest BCUT2D eigenvalue weighted by atomic mass is 35.5. The van der Waals surface area contributed by atoms with E-state index in [-0.39, 0.29) is 18.5 Å². The summed E-state index contributed by atoms with van der Waals surface area (Å²) < 4.78 is 14.7. The molecule has 0 saturated carbocycles. The zero-order valence-electron chi connectivity index (χ0n) is 6.16. The lowest BCUT2D eigenvalue weighted by Gasteiger charge is -2.09. The number of rotatable bonds is 4. The van der Waals surface area contributed by atoms with Crippen molar-refractivity contribution in [2.75, 3.05) is 0 Å². The van der Waals surface area contributed by atoms with E-state index in [1.54, 1.807) is 0 Å². The maximum absolute atomic E-state index is 10.1. The van der Waals surface area contributed by atoms with Gasteiger partial charge in [0.15, 0.2) is 0 Å². The summed E-state index contributed by atoms with van der Waals surface area (Å²) in [4.78, 5) is 8.31. The van der Waals surface area contributed by atoms with Gasteiger partial charge in [0.05, 0.1) is 6.10 Å². The molecule has 0 rings (SSSR count). The van der Waals surface area contributed by atoms with Crippen LogP contribution < -0.4 is 0 Å². The number of halogens is 1. The van der Waals surface area contributed by atoms with Crippen molar-refractivity contribution in [2.24, 2.45) is 0 Å². The molecule has 3 nitrogen and oxygen atoms in total. The van der Waals surface area contributed by atoms with E-state index in [4.69, 9.17) is 4.89 Å². The third-order valence-corrected chi connectivity index (χ3v) is 1.71. The van der Waals surface area contributed by atoms with Gasteiger partial charge in [-0.3, -0.25) is 4.57 Å². The standard InChI is InChI=1S/C5H13O3P.ClH/c1-3-5(4-2)8-9(6)7;/h5,9H,3-4H2,1-2H3,(H,6,7);1H. The van der Waals surface area contributed by atoms with E-state index in [1.807, 2.05) is 13.8 Å². The van der Waals surface area contributed by atoms with Crippen LogP contribution in [0.15, 0.2) is 0 Å². The summed E-state index contributed by atoms with van der Waals surface area (Å²) in [6.45, 7) is 3.86. The summed E-state index contributed by atoms with van der Waals surface area (Å²) in [5, 5.41) is 0. The van der Waals surface area contributed by atoms with Gasteiger partial charge in [-0.15, -0.1) is 12.4 Å². The highest BCUT2D eigenvalue weighted by Gasteiger charge is 2.04. The molecular formula is C5H14ClO3P. The topological polar surface area (TPSA) is 46.5 Å². The van der Waals surface area contributed by atoms with Crippen molar-refractivity contribution in [3.8, 4) is 0 Å². The molecule has 0 fully saturated rings. The largest absolute Gasteiger partial charge is 0.326 e. The van der Waals surface area contributed by atoms with Crippen molar-refractivity contribution < 1.29 is 14.0 Å². The third-order valence-electron chi connectivity index (χ3n) is 1.18. The predicted octanol–water partition coefficient (Wildman–Crippen LogP) is 2.00. The van der Waals surface area contributed by atoms with Crippen LogP contribution in [0.3, 0.4) is 0 Å². The Morgan fingerprint density at radius 3 is 2.00 bits per heavy atom. The summed E-state index contributed by atoms with van der Waals surface area (Å²) in [5.74, 6) is 0. The minimum atomic E-state index is -2.71. The van der Waals surface area contributed by atoms with Crippen molar-refractivity contribution in [1.82, 2.24) is 0 Å². The molecule has 0 bridgehead atoms. The SMILES string of the molecule is CCC(CC)O[PH](=O)O.Cl. The van der Waals surface area contributed by atoms with Crippen LogP contribution in [0, 0.1) is 0 Å². The first kappa shape index (κ1) is 13.1. The van der Waals surface area contributed by atoms with Gasteiger partial charge >= 0.3 is 8.25 Å². The van der Waals surface area contributed by atoms with E-state index < -0.39 is 8.25 Å². The van der Waals surface area contributed by atoms with Gasteiger partial charge in [-0.2, -0.15) is 0 Å². The molecule has 10 heavy (non-hydrogen) atoms. The summed E-state index contributed by atoms with van der Waals surface area (Å²) in [5.41, 5.74) is 0. The van der Waals surface area contributed by atoms with Gasteiger partial charge in [-0.25, -0.2) is 0 Å². The second kappa shape index (κ2) is 7.55. The Kier molecular flexibility index (Phi) is 9.86. The quantitative estimate of drug-likeness (QED) is 0.687. The monoisotopic (exact) mass is 188 g/mol. The van der Waals surface area contributed by atoms with Gasteiger partial charge in [-0.05, 0) is 12.8 Å². The van der Waals surface area contributed by atoms with E-state index in [0.717, 1.165) is 12.8 Å². The molecule has 64 valence electrons. The number of hydrogen-bond donors (Lipinski definition) is 1. The summed E-state index contributed by atoms with van der Waals surface area (Å²) in [6, 6.07) is 0. The first-order chi connectivity index (χ1) is 4.20. The number of hydrogen-bond acceptors (Lipinski definition) is 2. The smallest absolute Gasteiger partial charge is 0.316 e. The highest BCUT2D eigenvalue weighted by Crippen LogP contribution is 2.20. The Morgan fingerprint density at radius 1 is 1.50 bits per heavy atom. The lowest BCUT2D eigenvalue weighted by molar-refractivity contribution is 0.180. The zero-order valence-corrected chi connectivity index (χ0v) is 7.98. The second-order valence-corrected chi connectivity index (χ2v) is 2.59. The molecule has 0 radical (unpaired) electrons. The molecule has 5 heteroatoms. The average molecular weight is 189 g/mol. The third kappa shape index (κ3) is 6.56. The molecule has 0 aromatic rings. The van der Waals surface area contributed by atoms with Gasteiger partial charge < -0.3 is 9.42 Å². The molecule has 0 saturated heterocycles. The van der Waals surface area contributed by atoms with Gasteiger partial charge in [0.2, 0.25) is 0 Å². The van der Waals surface area contributed by atoms with E-state index in [9.17, 15) is 4.57 Å². The first-order valence-corrected chi connectivity index (χ1v) is 4.36. The first-order valence-electron chi connectivity index (χ1n) is 3.10. The summed E-state index contributed by atoms with van der Waals surface area (Å²) in [6.07, 6.45) is 1.56. The van der Waals surface area contributed by atoms with E-state index >= 15 is 0 Å². The van der Waals surface area contributed by atoms with E-state index in [0.29, 0.717) is 0 Å². The Hall–Kier alpha value is 0.440. The maximum Gasteiger partial charge on any atom is 0.316 e. The molecule has 1 atom stereocenters. The summed E-state index contributed by atoms with van der Waals surface area (Å²) in [7, 11) is -2.71. The Bertz CT molecular complexity index is 94.9. The Morgan fingerprint density at radius 2 is 1.90 bits per heavy atom. The van der Waals surface area contributed by atoms with Crippen LogP contribution >= 0.6 is 20.7 Å². The molecular weight excluding hydrogens is 174 g/mol. The average Bonchev–Trinajstić information content (AvgIpc) is 1.82. The second-order valence-electron chi connectivity index (χ2n) is 1.82. The molecule has 1 N–H and O–H groups in total. The minimum absolute atomic E-state index is 0. The molecule has 0 heterocycles. The van der Waals surface area contributed by atoms with Crippen LogP contribution in [0.4, 0.5) is 0 Å². The molecule has 1 unspecified atom stereocenters. The lowest BCUT2D eigenvalue weighted by atomic mass is 10.2. The zero-order chi connectivity index (χ0) is 7.28. The lowest BCUT2D eigenvalue weighted by Crippen LogP contribution is -2.04. The van der Waals surface area contributed by atoms with Crippen LogP contribution in [-0.2, 0) is 9.09 Å². The van der Waals surface area contributed by atoms with Gasteiger partial charge in [0, 0.05) is 0 Å². The van der Waals surface area contributed by atoms with Crippen LogP contribution in [0.1, 0.15) is 26.7 Å². The Balaban J connectivity index is 0. The minimum Gasteiger partial charge on any atom is -0.326 e. The van der Waals surface area contributed by atoms with Crippen molar-refractivity contribution >= 4 is 20.7 Å². The maximum atomic E-state index is 10.1. The molecule has 0 aromatic heterocycles. The van der Waals surface area contributed by atoms with Crippen molar-refractivity contribution in [3.05, 3.63) is 0 Å². The van der Waals surface area contributed by atoms with Gasteiger partial charge in [0.25, 0.3) is 0 Å². The van der Waals surface area contributed by atoms with E-state index in [1.165, 1.54) is 0 Å². The molecule has 0 aromatic carbocycles. The normalized spacial score (nSPS) is 12.8. The fourth-order valence-electron chi connectivity index (χ4n) is 0.598. The van der Waals surface area contributed by atoms with E-state index in [2.05, 4.69) is 4.52 Å². The summed E-state index contributed by atoms with van der Waals surface area (Å²) >= 11 is 0. The van der Waals surface area contributed by atoms with Crippen molar-refractivity contribution in [2.45, 2.75) is 32.8 Å². The fraction of sp³-hybridized carbons (Fsp3) is 1.00. The fourth-order valence-corrected chi connectivity index (χ4v) is 1.22. The molecule has 0 spiro atoms. The van der Waals surface area contributed by atoms with Gasteiger partial charge in [-0.1, -0.05) is 13.8 Å². The van der Waals surface area contributed by atoms with Crippen molar-refractivity contribution in [3.63, 3.8) is 0 Å². The van der Waals surface area contributed by atoms with Crippen LogP contribution in [0.5, 0.6) is 0 Å². The predicted molar refractivity (Wildman–Crippen MR) is 43.9 cm³/mol. The van der Waals surface area contributed by atoms with Crippen LogP contribution in [0.25, 0.3) is 0 Å². The van der Waals surface area contributed by atoms with Gasteiger partial charge in [0.1, 0.15) is 0 Å². The molecule has 0 aliphatic heterocycles. The van der Waals surface area contributed by atoms with Crippen LogP contribution in [0.2, 0.25) is 0 Å². The molecule has 0 amide bonds. The molecule has 0 aliphatic rings. The van der Waals surface area contributed by atoms with Crippen molar-refractivity contribution in [1.29, 1.82) is 0 Å². The van der Waals surface area contributed by atoms with Crippen LogP contribution in [-0.4, -0.2) is 11.0 Å².